The number of aromatic nitrogens is 4. The Labute approximate surface area is 213 Å². The lowest BCUT2D eigenvalue weighted by Gasteiger charge is -2.09. The van der Waals surface area contributed by atoms with Crippen LogP contribution < -0.4 is 5.32 Å². The summed E-state index contributed by atoms with van der Waals surface area (Å²) in [7, 11) is 0. The Morgan fingerprint density at radius 1 is 0.943 bits per heavy atom. The quantitative estimate of drug-likeness (QED) is 0.286. The minimum Gasteiger partial charge on any atom is -0.318 e. The Kier molecular flexibility index (Phi) is 6.21. The first-order chi connectivity index (χ1) is 16.8. The highest BCUT2D eigenvalue weighted by Gasteiger charge is 2.18. The summed E-state index contributed by atoms with van der Waals surface area (Å²) in [5.74, 6) is -0.136. The van der Waals surface area contributed by atoms with Crippen LogP contribution in [0.3, 0.4) is 0 Å². The summed E-state index contributed by atoms with van der Waals surface area (Å²) < 4.78 is 3.83. The number of nitrogens with one attached hydrogen (secondary N) is 1. The SMILES string of the molecule is Cc1nn(Cc2csc(C(=O)Nc3c(C)nn(Cc4cccc5ccccc45)c3C)c2)c(C)c1Cl. The van der Waals surface area contributed by atoms with Crippen molar-refractivity contribution in [2.75, 3.05) is 5.32 Å². The lowest BCUT2D eigenvalue weighted by Crippen LogP contribution is -2.12. The fourth-order valence-electron chi connectivity index (χ4n) is 4.38. The summed E-state index contributed by atoms with van der Waals surface area (Å²) >= 11 is 7.69. The van der Waals surface area contributed by atoms with Crippen molar-refractivity contribution in [3.05, 3.63) is 97.7 Å². The van der Waals surface area contributed by atoms with Crippen molar-refractivity contribution in [3.63, 3.8) is 0 Å². The molecule has 0 aliphatic rings. The van der Waals surface area contributed by atoms with E-state index < -0.39 is 0 Å². The molecule has 1 amide bonds. The van der Waals surface area contributed by atoms with Gasteiger partial charge in [0.1, 0.15) is 0 Å². The van der Waals surface area contributed by atoms with Crippen LogP contribution in [-0.2, 0) is 13.1 Å². The van der Waals surface area contributed by atoms with Crippen molar-refractivity contribution in [2.45, 2.75) is 40.8 Å². The molecule has 0 fully saturated rings. The molecule has 0 spiro atoms. The van der Waals surface area contributed by atoms with Crippen LogP contribution in [0.2, 0.25) is 5.02 Å². The minimum atomic E-state index is -0.136. The van der Waals surface area contributed by atoms with Crippen LogP contribution >= 0.6 is 22.9 Å². The molecule has 5 rings (SSSR count). The Morgan fingerprint density at radius 3 is 2.43 bits per heavy atom. The third-order valence-electron chi connectivity index (χ3n) is 6.32. The first-order valence-electron chi connectivity index (χ1n) is 11.4. The van der Waals surface area contributed by atoms with Crippen LogP contribution in [0.1, 0.15) is 43.6 Å². The molecule has 178 valence electrons. The van der Waals surface area contributed by atoms with Gasteiger partial charge in [0.15, 0.2) is 0 Å². The number of anilines is 1. The number of nitrogens with zero attached hydrogens (tertiary/aromatic N) is 4. The zero-order valence-corrected chi connectivity index (χ0v) is 21.7. The summed E-state index contributed by atoms with van der Waals surface area (Å²) in [6.45, 7) is 8.97. The smallest absolute Gasteiger partial charge is 0.265 e. The van der Waals surface area contributed by atoms with Crippen molar-refractivity contribution < 1.29 is 4.79 Å². The molecule has 0 saturated heterocycles. The Hall–Kier alpha value is -3.42. The van der Waals surface area contributed by atoms with Crippen LogP contribution in [-0.4, -0.2) is 25.5 Å². The molecule has 0 aliphatic carbocycles. The number of thiophene rings is 1. The van der Waals surface area contributed by atoms with Crippen LogP contribution in [0, 0.1) is 27.7 Å². The summed E-state index contributed by atoms with van der Waals surface area (Å²) in [6.07, 6.45) is 0. The first kappa shape index (κ1) is 23.3. The number of benzene rings is 2. The van der Waals surface area contributed by atoms with Gasteiger partial charge in [-0.05, 0) is 61.0 Å². The Morgan fingerprint density at radius 2 is 1.66 bits per heavy atom. The van der Waals surface area contributed by atoms with E-state index in [0.717, 1.165) is 34.0 Å². The van der Waals surface area contributed by atoms with Gasteiger partial charge in [-0.3, -0.25) is 14.2 Å². The molecule has 0 radical (unpaired) electrons. The Bertz CT molecular complexity index is 1560. The highest BCUT2D eigenvalue weighted by Crippen LogP contribution is 2.26. The first-order valence-corrected chi connectivity index (χ1v) is 12.7. The monoisotopic (exact) mass is 503 g/mol. The van der Waals surface area contributed by atoms with E-state index in [-0.39, 0.29) is 5.91 Å². The average molecular weight is 504 g/mol. The number of carbonyl (C=O) groups excluding carboxylic acids is 1. The number of fused-ring (bicyclic) bond motifs is 1. The fourth-order valence-corrected chi connectivity index (χ4v) is 5.31. The molecule has 3 aromatic heterocycles. The molecule has 1 N–H and O–H groups in total. The van der Waals surface area contributed by atoms with Crippen molar-refractivity contribution >= 4 is 45.3 Å². The normalized spacial score (nSPS) is 11.3. The van der Waals surface area contributed by atoms with Gasteiger partial charge in [0.05, 0.1) is 51.5 Å². The summed E-state index contributed by atoms with van der Waals surface area (Å²) in [6, 6.07) is 16.6. The van der Waals surface area contributed by atoms with E-state index in [4.69, 9.17) is 16.7 Å². The predicted molar refractivity (Wildman–Crippen MR) is 143 cm³/mol. The van der Waals surface area contributed by atoms with E-state index in [1.807, 2.05) is 54.6 Å². The molecule has 0 aliphatic heterocycles. The fraction of sp³-hybridized carbons (Fsp3) is 0.222. The Balaban J connectivity index is 1.34. The zero-order chi connectivity index (χ0) is 24.7. The van der Waals surface area contributed by atoms with E-state index in [0.29, 0.717) is 23.0 Å². The molecular formula is C27H26ClN5OS. The lowest BCUT2D eigenvalue weighted by molar-refractivity contribution is 0.103. The number of halogens is 1. The summed E-state index contributed by atoms with van der Waals surface area (Å²) in [5, 5.41) is 17.4. The predicted octanol–water partition coefficient (Wildman–Crippen LogP) is 6.53. The van der Waals surface area contributed by atoms with E-state index in [2.05, 4.69) is 46.8 Å². The van der Waals surface area contributed by atoms with Gasteiger partial charge >= 0.3 is 0 Å². The van der Waals surface area contributed by atoms with Gasteiger partial charge in [-0.25, -0.2) is 0 Å². The molecule has 8 heteroatoms. The molecular weight excluding hydrogens is 478 g/mol. The lowest BCUT2D eigenvalue weighted by atomic mass is 10.0. The van der Waals surface area contributed by atoms with Gasteiger partial charge in [0, 0.05) is 0 Å². The number of hydrogen-bond acceptors (Lipinski definition) is 4. The molecule has 3 heterocycles. The molecule has 35 heavy (non-hydrogen) atoms. The highest BCUT2D eigenvalue weighted by atomic mass is 35.5. The number of aryl methyl sites for hydroxylation is 2. The van der Waals surface area contributed by atoms with Crippen LogP contribution in [0.15, 0.2) is 53.9 Å². The number of carbonyl (C=O) groups is 1. The molecule has 0 bridgehead atoms. The van der Waals surface area contributed by atoms with Crippen molar-refractivity contribution in [1.29, 1.82) is 0 Å². The van der Waals surface area contributed by atoms with Gasteiger partial charge in [-0.1, -0.05) is 54.1 Å². The van der Waals surface area contributed by atoms with Gasteiger partial charge in [0.25, 0.3) is 5.91 Å². The third-order valence-corrected chi connectivity index (χ3v) is 7.85. The second kappa shape index (κ2) is 9.32. The molecule has 0 saturated carbocycles. The second-order valence-electron chi connectivity index (χ2n) is 8.76. The van der Waals surface area contributed by atoms with Crippen LogP contribution in [0.4, 0.5) is 5.69 Å². The summed E-state index contributed by atoms with van der Waals surface area (Å²) in [4.78, 5) is 13.7. The van der Waals surface area contributed by atoms with Gasteiger partial charge in [-0.15, -0.1) is 11.3 Å². The molecule has 6 nitrogen and oxygen atoms in total. The van der Waals surface area contributed by atoms with Crippen LogP contribution in [0.5, 0.6) is 0 Å². The molecule has 0 atom stereocenters. The minimum absolute atomic E-state index is 0.136. The van der Waals surface area contributed by atoms with Crippen LogP contribution in [0.25, 0.3) is 10.8 Å². The largest absolute Gasteiger partial charge is 0.318 e. The van der Waals surface area contributed by atoms with Crippen molar-refractivity contribution in [2.24, 2.45) is 0 Å². The number of amides is 1. The van der Waals surface area contributed by atoms with E-state index in [1.165, 1.54) is 27.7 Å². The highest BCUT2D eigenvalue weighted by molar-refractivity contribution is 7.12. The average Bonchev–Trinajstić information content (AvgIpc) is 3.49. The van der Waals surface area contributed by atoms with Gasteiger partial charge in [0.2, 0.25) is 0 Å². The molecule has 5 aromatic rings. The maximum absolute atomic E-state index is 13.1. The zero-order valence-electron chi connectivity index (χ0n) is 20.1. The third kappa shape index (κ3) is 4.49. The second-order valence-corrected chi connectivity index (χ2v) is 10.0. The van der Waals surface area contributed by atoms with E-state index >= 15 is 0 Å². The van der Waals surface area contributed by atoms with Crippen molar-refractivity contribution in [1.82, 2.24) is 19.6 Å². The maximum Gasteiger partial charge on any atom is 0.265 e. The number of rotatable bonds is 6. The summed E-state index contributed by atoms with van der Waals surface area (Å²) in [5.41, 5.74) is 6.43. The van der Waals surface area contributed by atoms with Gasteiger partial charge in [-0.2, -0.15) is 10.2 Å². The standard InChI is InChI=1S/C27H26ClN5OS/c1-16-25(28)18(3)32(30-16)13-20-12-24(35-15-20)27(34)29-26-17(2)31-33(19(26)4)14-22-10-7-9-21-8-5-6-11-23(21)22/h5-12,15H,13-14H2,1-4H3,(H,29,34). The van der Waals surface area contributed by atoms with Gasteiger partial charge < -0.3 is 5.32 Å². The number of hydrogen-bond donors (Lipinski definition) is 1. The van der Waals surface area contributed by atoms with Crippen molar-refractivity contribution in [3.8, 4) is 0 Å². The molecule has 2 aromatic carbocycles. The van der Waals surface area contributed by atoms with E-state index in [9.17, 15) is 4.79 Å². The molecule has 0 unspecified atom stereocenters. The maximum atomic E-state index is 13.1. The van der Waals surface area contributed by atoms with E-state index in [1.54, 1.807) is 0 Å². The topological polar surface area (TPSA) is 64.7 Å².